The summed E-state index contributed by atoms with van der Waals surface area (Å²) in [5, 5.41) is 12.3. The zero-order valence-electron chi connectivity index (χ0n) is 14.0. The standard InChI is InChI=1S/C17H22N4O2S/c1-12-5-7-13(8-6-12)18-16(22)17-20-19-15(24-17)11-21-9-3-4-14(10-21)23-2/h5-8,14H,3-4,9-11H2,1-2H3,(H,18,22)/t14-/m1/s1. The summed E-state index contributed by atoms with van der Waals surface area (Å²) in [6.07, 6.45) is 2.52. The third kappa shape index (κ3) is 4.37. The Morgan fingerprint density at radius 2 is 2.17 bits per heavy atom. The summed E-state index contributed by atoms with van der Waals surface area (Å²) >= 11 is 1.35. The molecule has 1 amide bonds. The molecule has 0 bridgehead atoms. The summed E-state index contributed by atoms with van der Waals surface area (Å²) in [7, 11) is 1.76. The number of carbonyl (C=O) groups excluding carboxylic acids is 1. The first-order valence-electron chi connectivity index (χ1n) is 8.09. The molecule has 1 atom stereocenters. The number of hydrogen-bond acceptors (Lipinski definition) is 6. The lowest BCUT2D eigenvalue weighted by Crippen LogP contribution is -2.38. The highest BCUT2D eigenvalue weighted by atomic mass is 32.1. The number of nitrogens with one attached hydrogen (secondary N) is 1. The smallest absolute Gasteiger partial charge is 0.286 e. The van der Waals surface area contributed by atoms with Gasteiger partial charge in [0.25, 0.3) is 5.91 Å². The second kappa shape index (κ2) is 7.83. The Morgan fingerprint density at radius 3 is 2.92 bits per heavy atom. The second-order valence-corrected chi connectivity index (χ2v) is 7.12. The van der Waals surface area contributed by atoms with E-state index in [1.165, 1.54) is 11.3 Å². The lowest BCUT2D eigenvalue weighted by Gasteiger charge is -2.30. The van der Waals surface area contributed by atoms with E-state index in [1.54, 1.807) is 7.11 Å². The van der Waals surface area contributed by atoms with Crippen LogP contribution in [0.25, 0.3) is 0 Å². The van der Waals surface area contributed by atoms with Crippen LogP contribution in [0, 0.1) is 6.92 Å². The number of nitrogens with zero attached hydrogens (tertiary/aromatic N) is 3. The van der Waals surface area contributed by atoms with E-state index in [0.29, 0.717) is 5.01 Å². The molecule has 0 unspecified atom stereocenters. The first-order valence-corrected chi connectivity index (χ1v) is 8.91. The molecule has 1 N–H and O–H groups in total. The minimum atomic E-state index is -0.212. The summed E-state index contributed by atoms with van der Waals surface area (Å²) in [6, 6.07) is 7.69. The van der Waals surface area contributed by atoms with Crippen molar-refractivity contribution in [3.8, 4) is 0 Å². The Labute approximate surface area is 145 Å². The van der Waals surface area contributed by atoms with Crippen LogP contribution in [0.4, 0.5) is 5.69 Å². The number of benzene rings is 1. The molecule has 1 aromatic heterocycles. The van der Waals surface area contributed by atoms with Crippen molar-refractivity contribution in [2.24, 2.45) is 0 Å². The minimum absolute atomic E-state index is 0.212. The van der Waals surface area contributed by atoms with Crippen molar-refractivity contribution in [1.29, 1.82) is 0 Å². The van der Waals surface area contributed by atoms with Gasteiger partial charge in [-0.3, -0.25) is 9.69 Å². The van der Waals surface area contributed by atoms with Crippen LogP contribution in [0.1, 0.15) is 33.2 Å². The molecular weight excluding hydrogens is 324 g/mol. The highest BCUT2D eigenvalue weighted by Crippen LogP contribution is 2.19. The number of ether oxygens (including phenoxy) is 1. The molecule has 1 fully saturated rings. The van der Waals surface area contributed by atoms with E-state index in [-0.39, 0.29) is 12.0 Å². The number of likely N-dealkylation sites (tertiary alicyclic amines) is 1. The van der Waals surface area contributed by atoms with Gasteiger partial charge in [0.05, 0.1) is 12.6 Å². The zero-order valence-corrected chi connectivity index (χ0v) is 14.8. The highest BCUT2D eigenvalue weighted by molar-refractivity contribution is 7.13. The summed E-state index contributed by atoms with van der Waals surface area (Å²) in [4.78, 5) is 14.6. The number of carbonyl (C=O) groups is 1. The van der Waals surface area contributed by atoms with Crippen molar-refractivity contribution < 1.29 is 9.53 Å². The van der Waals surface area contributed by atoms with E-state index in [9.17, 15) is 4.79 Å². The zero-order chi connectivity index (χ0) is 16.9. The fraction of sp³-hybridized carbons (Fsp3) is 0.471. The molecular formula is C17H22N4O2S. The van der Waals surface area contributed by atoms with Gasteiger partial charge in [0.15, 0.2) is 0 Å². The average Bonchev–Trinajstić information content (AvgIpc) is 3.06. The van der Waals surface area contributed by atoms with Gasteiger partial charge in [0.1, 0.15) is 5.01 Å². The van der Waals surface area contributed by atoms with Gasteiger partial charge in [-0.1, -0.05) is 29.0 Å². The van der Waals surface area contributed by atoms with Crippen LogP contribution in [0.5, 0.6) is 0 Å². The van der Waals surface area contributed by atoms with Gasteiger partial charge < -0.3 is 10.1 Å². The quantitative estimate of drug-likeness (QED) is 0.902. The van der Waals surface area contributed by atoms with E-state index >= 15 is 0 Å². The molecule has 6 nitrogen and oxygen atoms in total. The molecule has 1 aliphatic heterocycles. The van der Waals surface area contributed by atoms with E-state index in [4.69, 9.17) is 4.74 Å². The van der Waals surface area contributed by atoms with Crippen LogP contribution in [-0.2, 0) is 11.3 Å². The topological polar surface area (TPSA) is 67.3 Å². The molecule has 0 spiro atoms. The Bertz CT molecular complexity index is 686. The third-order valence-electron chi connectivity index (χ3n) is 4.13. The van der Waals surface area contributed by atoms with Gasteiger partial charge >= 0.3 is 0 Å². The van der Waals surface area contributed by atoms with Gasteiger partial charge in [-0.25, -0.2) is 0 Å². The fourth-order valence-corrected chi connectivity index (χ4v) is 3.55. The van der Waals surface area contributed by atoms with Gasteiger partial charge in [-0.15, -0.1) is 10.2 Å². The van der Waals surface area contributed by atoms with Crippen molar-refractivity contribution in [3.05, 3.63) is 39.8 Å². The maximum Gasteiger partial charge on any atom is 0.286 e. The van der Waals surface area contributed by atoms with Crippen molar-refractivity contribution in [1.82, 2.24) is 15.1 Å². The van der Waals surface area contributed by atoms with Gasteiger partial charge in [-0.2, -0.15) is 0 Å². The SMILES string of the molecule is CO[C@@H]1CCCN(Cc2nnc(C(=O)Nc3ccc(C)cc3)s2)C1. The minimum Gasteiger partial charge on any atom is -0.380 e. The number of methoxy groups -OCH3 is 1. The summed E-state index contributed by atoms with van der Waals surface area (Å²) in [5.74, 6) is -0.212. The first kappa shape index (κ1) is 17.0. The summed E-state index contributed by atoms with van der Waals surface area (Å²) in [5.41, 5.74) is 1.92. The summed E-state index contributed by atoms with van der Waals surface area (Å²) in [6.45, 7) is 4.66. The Hall–Kier alpha value is -1.83. The van der Waals surface area contributed by atoms with E-state index in [1.807, 2.05) is 31.2 Å². The van der Waals surface area contributed by atoms with Crippen LogP contribution in [0.3, 0.4) is 0 Å². The number of aryl methyl sites for hydroxylation is 1. The largest absolute Gasteiger partial charge is 0.380 e. The Morgan fingerprint density at radius 1 is 1.38 bits per heavy atom. The number of hydrogen-bond donors (Lipinski definition) is 1. The van der Waals surface area contributed by atoms with Crippen molar-refractivity contribution in [2.45, 2.75) is 32.4 Å². The predicted octanol–water partition coefficient (Wildman–Crippen LogP) is 2.71. The lowest BCUT2D eigenvalue weighted by atomic mass is 10.1. The monoisotopic (exact) mass is 346 g/mol. The highest BCUT2D eigenvalue weighted by Gasteiger charge is 2.21. The van der Waals surface area contributed by atoms with Gasteiger partial charge in [0, 0.05) is 19.3 Å². The van der Waals surface area contributed by atoms with E-state index in [0.717, 1.165) is 48.7 Å². The number of anilines is 1. The fourth-order valence-electron chi connectivity index (χ4n) is 2.77. The molecule has 1 aliphatic rings. The lowest BCUT2D eigenvalue weighted by molar-refractivity contribution is 0.0285. The first-order chi connectivity index (χ1) is 11.6. The molecule has 3 rings (SSSR count). The molecule has 1 aromatic carbocycles. The molecule has 2 heterocycles. The number of rotatable bonds is 5. The number of piperidine rings is 1. The van der Waals surface area contributed by atoms with Crippen LogP contribution in [0.2, 0.25) is 0 Å². The summed E-state index contributed by atoms with van der Waals surface area (Å²) < 4.78 is 5.44. The molecule has 0 saturated carbocycles. The molecule has 24 heavy (non-hydrogen) atoms. The van der Waals surface area contributed by atoms with Crippen molar-refractivity contribution in [2.75, 3.05) is 25.5 Å². The maximum absolute atomic E-state index is 12.3. The second-order valence-electron chi connectivity index (χ2n) is 6.06. The normalized spacial score (nSPS) is 18.5. The molecule has 2 aromatic rings. The Kier molecular flexibility index (Phi) is 5.55. The third-order valence-corrected chi connectivity index (χ3v) is 5.03. The van der Waals surface area contributed by atoms with Crippen LogP contribution in [-0.4, -0.2) is 47.3 Å². The molecule has 0 aliphatic carbocycles. The van der Waals surface area contributed by atoms with E-state index in [2.05, 4.69) is 20.4 Å². The maximum atomic E-state index is 12.3. The van der Waals surface area contributed by atoms with Crippen LogP contribution >= 0.6 is 11.3 Å². The number of amides is 1. The van der Waals surface area contributed by atoms with Gasteiger partial charge in [-0.05, 0) is 38.4 Å². The van der Waals surface area contributed by atoms with Crippen molar-refractivity contribution >= 4 is 22.9 Å². The average molecular weight is 346 g/mol. The van der Waals surface area contributed by atoms with Crippen LogP contribution < -0.4 is 5.32 Å². The van der Waals surface area contributed by atoms with Gasteiger partial charge in [0.2, 0.25) is 5.01 Å². The number of aromatic nitrogens is 2. The molecule has 7 heteroatoms. The van der Waals surface area contributed by atoms with Crippen molar-refractivity contribution in [3.63, 3.8) is 0 Å². The molecule has 1 saturated heterocycles. The van der Waals surface area contributed by atoms with Crippen LogP contribution in [0.15, 0.2) is 24.3 Å². The molecule has 128 valence electrons. The Balaban J connectivity index is 1.58. The molecule has 0 radical (unpaired) electrons. The predicted molar refractivity (Wildman–Crippen MR) is 94.3 cm³/mol. The van der Waals surface area contributed by atoms with E-state index < -0.39 is 0 Å².